The number of carbonyl (C=O) groups is 2. The van der Waals surface area contributed by atoms with E-state index in [1.54, 1.807) is 18.5 Å². The van der Waals surface area contributed by atoms with Crippen LogP contribution in [0.5, 0.6) is 0 Å². The standard InChI is InChI=1S/C14H16N6O3/c15-10(21)2-1-9-7-16-13-12(9)18-11(8-17-13)19-3-5-20(6-4-19)14(22)23/h1-2,7-8H,3-6H2,(H2,15,21)(H,16,17)(H,22,23). The van der Waals surface area contributed by atoms with E-state index in [0.717, 1.165) is 5.56 Å². The van der Waals surface area contributed by atoms with Gasteiger partial charge < -0.3 is 25.6 Å². The number of nitrogens with two attached hydrogens (primary N) is 1. The second-order valence-electron chi connectivity index (χ2n) is 5.16. The molecular formula is C14H16N6O3. The Morgan fingerprint density at radius 1 is 1.30 bits per heavy atom. The van der Waals surface area contributed by atoms with Gasteiger partial charge in [0.25, 0.3) is 0 Å². The van der Waals surface area contributed by atoms with Crippen molar-refractivity contribution in [2.45, 2.75) is 0 Å². The molecule has 1 fully saturated rings. The number of aromatic amines is 1. The third-order valence-electron chi connectivity index (χ3n) is 3.70. The number of carbonyl (C=O) groups excluding carboxylic acids is 1. The number of aromatic nitrogens is 3. The number of amides is 2. The molecule has 120 valence electrons. The molecule has 0 spiro atoms. The number of rotatable bonds is 3. The van der Waals surface area contributed by atoms with Crippen molar-refractivity contribution in [1.29, 1.82) is 0 Å². The lowest BCUT2D eigenvalue weighted by molar-refractivity contribution is -0.113. The summed E-state index contributed by atoms with van der Waals surface area (Å²) in [4.78, 5) is 37.0. The molecule has 0 saturated carbocycles. The van der Waals surface area contributed by atoms with Crippen LogP contribution in [0.25, 0.3) is 17.2 Å². The molecule has 0 radical (unpaired) electrons. The van der Waals surface area contributed by atoms with Crippen LogP contribution in [-0.2, 0) is 4.79 Å². The van der Waals surface area contributed by atoms with Gasteiger partial charge in [-0.25, -0.2) is 14.8 Å². The van der Waals surface area contributed by atoms with Crippen molar-refractivity contribution >= 4 is 35.1 Å². The number of hydrogen-bond acceptors (Lipinski definition) is 5. The SMILES string of the molecule is NC(=O)C=Cc1c[nH]c2ncc(N3CCN(C(=O)O)CC3)nc12. The Labute approximate surface area is 131 Å². The zero-order chi connectivity index (χ0) is 16.4. The van der Waals surface area contributed by atoms with Crippen molar-refractivity contribution in [2.24, 2.45) is 5.73 Å². The molecule has 9 nitrogen and oxygen atoms in total. The maximum Gasteiger partial charge on any atom is 0.407 e. The lowest BCUT2D eigenvalue weighted by Gasteiger charge is -2.33. The molecule has 1 saturated heterocycles. The van der Waals surface area contributed by atoms with Gasteiger partial charge in [0.05, 0.1) is 6.20 Å². The highest BCUT2D eigenvalue weighted by Gasteiger charge is 2.21. The largest absolute Gasteiger partial charge is 0.465 e. The van der Waals surface area contributed by atoms with Gasteiger partial charge in [-0.3, -0.25) is 4.79 Å². The summed E-state index contributed by atoms with van der Waals surface area (Å²) in [6.07, 6.45) is 5.30. The number of piperazine rings is 1. The normalized spacial score (nSPS) is 15.5. The van der Waals surface area contributed by atoms with Crippen LogP contribution in [0.2, 0.25) is 0 Å². The molecular weight excluding hydrogens is 300 g/mol. The molecule has 1 aliphatic heterocycles. The molecule has 3 heterocycles. The van der Waals surface area contributed by atoms with E-state index in [4.69, 9.17) is 10.8 Å². The minimum Gasteiger partial charge on any atom is -0.465 e. The number of nitrogens with one attached hydrogen (secondary N) is 1. The summed E-state index contributed by atoms with van der Waals surface area (Å²) < 4.78 is 0. The van der Waals surface area contributed by atoms with Crippen molar-refractivity contribution in [2.75, 3.05) is 31.1 Å². The second kappa shape index (κ2) is 5.95. The maximum absolute atomic E-state index is 10.9. The van der Waals surface area contributed by atoms with E-state index < -0.39 is 12.0 Å². The first-order valence-electron chi connectivity index (χ1n) is 7.09. The van der Waals surface area contributed by atoms with Gasteiger partial charge in [-0.05, 0) is 6.08 Å². The number of carboxylic acid groups (broad SMARTS) is 1. The minimum absolute atomic E-state index is 0.427. The van der Waals surface area contributed by atoms with E-state index in [0.29, 0.717) is 43.2 Å². The molecule has 2 aromatic heterocycles. The number of fused-ring (bicyclic) bond motifs is 1. The predicted molar refractivity (Wildman–Crippen MR) is 83.9 cm³/mol. The first-order chi connectivity index (χ1) is 11.0. The summed E-state index contributed by atoms with van der Waals surface area (Å²) in [5, 5.41) is 8.98. The first-order valence-corrected chi connectivity index (χ1v) is 7.09. The van der Waals surface area contributed by atoms with Gasteiger partial charge in [0.1, 0.15) is 11.3 Å². The zero-order valence-electron chi connectivity index (χ0n) is 12.3. The lowest BCUT2D eigenvalue weighted by Crippen LogP contribution is -2.48. The summed E-state index contributed by atoms with van der Waals surface area (Å²) in [5.41, 5.74) is 7.08. The summed E-state index contributed by atoms with van der Waals surface area (Å²) >= 11 is 0. The van der Waals surface area contributed by atoms with Crippen LogP contribution >= 0.6 is 0 Å². The Bertz CT molecular complexity index is 776. The molecule has 2 aromatic rings. The van der Waals surface area contributed by atoms with Crippen LogP contribution in [-0.4, -0.2) is 63.1 Å². The van der Waals surface area contributed by atoms with Gasteiger partial charge in [-0.1, -0.05) is 0 Å². The fourth-order valence-corrected chi connectivity index (χ4v) is 2.48. The van der Waals surface area contributed by atoms with Crippen LogP contribution in [0, 0.1) is 0 Å². The van der Waals surface area contributed by atoms with Crippen molar-refractivity contribution in [3.8, 4) is 0 Å². The summed E-state index contributed by atoms with van der Waals surface area (Å²) in [5.74, 6) is 0.143. The lowest BCUT2D eigenvalue weighted by atomic mass is 10.2. The van der Waals surface area contributed by atoms with Crippen molar-refractivity contribution in [3.05, 3.63) is 24.0 Å². The summed E-state index contributed by atoms with van der Waals surface area (Å²) in [6, 6.07) is 0. The smallest absolute Gasteiger partial charge is 0.407 e. The molecule has 23 heavy (non-hydrogen) atoms. The van der Waals surface area contributed by atoms with Gasteiger partial charge >= 0.3 is 6.09 Å². The van der Waals surface area contributed by atoms with E-state index >= 15 is 0 Å². The zero-order valence-corrected chi connectivity index (χ0v) is 12.3. The van der Waals surface area contributed by atoms with E-state index in [1.807, 2.05) is 4.90 Å². The monoisotopic (exact) mass is 316 g/mol. The second-order valence-corrected chi connectivity index (χ2v) is 5.16. The quantitative estimate of drug-likeness (QED) is 0.697. The molecule has 9 heteroatoms. The van der Waals surface area contributed by atoms with Crippen LogP contribution in [0.15, 0.2) is 18.5 Å². The summed E-state index contributed by atoms with van der Waals surface area (Å²) in [7, 11) is 0. The molecule has 0 aromatic carbocycles. The number of nitrogens with zero attached hydrogens (tertiary/aromatic N) is 4. The molecule has 2 amide bonds. The average Bonchev–Trinajstić information content (AvgIpc) is 2.95. The van der Waals surface area contributed by atoms with Gasteiger partial charge in [-0.15, -0.1) is 0 Å². The van der Waals surface area contributed by atoms with E-state index in [2.05, 4.69) is 15.0 Å². The Balaban J connectivity index is 1.84. The highest BCUT2D eigenvalue weighted by Crippen LogP contribution is 2.20. The molecule has 4 N–H and O–H groups in total. The number of H-pyrrole nitrogens is 1. The van der Waals surface area contributed by atoms with Crippen molar-refractivity contribution in [3.63, 3.8) is 0 Å². The van der Waals surface area contributed by atoms with Crippen molar-refractivity contribution in [1.82, 2.24) is 19.9 Å². The molecule has 0 bridgehead atoms. The Morgan fingerprint density at radius 3 is 2.70 bits per heavy atom. The molecule has 0 atom stereocenters. The Morgan fingerprint density at radius 2 is 2.04 bits per heavy atom. The Kier molecular flexibility index (Phi) is 3.83. The van der Waals surface area contributed by atoms with E-state index in [9.17, 15) is 9.59 Å². The van der Waals surface area contributed by atoms with Crippen molar-refractivity contribution < 1.29 is 14.7 Å². The highest BCUT2D eigenvalue weighted by atomic mass is 16.4. The Hall–Kier alpha value is -3.10. The van der Waals surface area contributed by atoms with Gasteiger partial charge in [0.15, 0.2) is 5.65 Å². The topological polar surface area (TPSA) is 128 Å². The van der Waals surface area contributed by atoms with E-state index in [-0.39, 0.29) is 0 Å². The van der Waals surface area contributed by atoms with Crippen LogP contribution in [0.4, 0.5) is 10.6 Å². The van der Waals surface area contributed by atoms with Gasteiger partial charge in [0.2, 0.25) is 5.91 Å². The predicted octanol–water partition coefficient (Wildman–Crippen LogP) is 0.256. The highest BCUT2D eigenvalue weighted by molar-refractivity contribution is 5.93. The fourth-order valence-electron chi connectivity index (χ4n) is 2.48. The van der Waals surface area contributed by atoms with Crippen LogP contribution in [0.3, 0.4) is 0 Å². The van der Waals surface area contributed by atoms with Crippen LogP contribution in [0.1, 0.15) is 5.56 Å². The van der Waals surface area contributed by atoms with Gasteiger partial charge in [-0.2, -0.15) is 0 Å². The minimum atomic E-state index is -0.907. The molecule has 3 rings (SSSR count). The maximum atomic E-state index is 10.9. The van der Waals surface area contributed by atoms with E-state index in [1.165, 1.54) is 11.0 Å². The third-order valence-corrected chi connectivity index (χ3v) is 3.70. The van der Waals surface area contributed by atoms with Gasteiger partial charge in [0, 0.05) is 44.0 Å². The number of hydrogen-bond donors (Lipinski definition) is 3. The molecule has 0 unspecified atom stereocenters. The number of primary amides is 1. The fraction of sp³-hybridized carbons (Fsp3) is 0.286. The first kappa shape index (κ1) is 14.8. The molecule has 1 aliphatic rings. The van der Waals surface area contributed by atoms with Crippen LogP contribution < -0.4 is 10.6 Å². The summed E-state index contributed by atoms with van der Waals surface area (Å²) in [6.45, 7) is 1.97. The third kappa shape index (κ3) is 3.07. The average molecular weight is 316 g/mol. The molecule has 0 aliphatic carbocycles. The number of anilines is 1.